The molecule has 0 bridgehead atoms. The number of nitrogens with zero attached hydrogens (tertiary/aromatic N) is 1. The number of nitrogens with one attached hydrogen (secondary N) is 1. The van der Waals surface area contributed by atoms with E-state index in [1.807, 2.05) is 0 Å². The van der Waals surface area contributed by atoms with Crippen LogP contribution in [0.1, 0.15) is 33.5 Å². The first-order valence-corrected chi connectivity index (χ1v) is 10.1. The minimum Gasteiger partial charge on any atom is -0.379 e. The largest absolute Gasteiger partial charge is 0.379 e. The predicted octanol–water partition coefficient (Wildman–Crippen LogP) is 3.69. The first-order chi connectivity index (χ1) is 13.5. The van der Waals surface area contributed by atoms with E-state index in [1.165, 1.54) is 38.4 Å². The van der Waals surface area contributed by atoms with Gasteiger partial charge >= 0.3 is 0 Å². The summed E-state index contributed by atoms with van der Waals surface area (Å²) in [6.45, 7) is 11.3. The van der Waals surface area contributed by atoms with Crippen molar-refractivity contribution < 1.29 is 9.64 Å². The average Bonchev–Trinajstić information content (AvgIpc) is 3.09. The van der Waals surface area contributed by atoms with Crippen LogP contribution in [-0.2, 0) is 24.4 Å². The first-order valence-electron chi connectivity index (χ1n) is 10.1. The SMILES string of the molecule is COCC[NH+](Cc1cc(C)ccc1C)Cc1cccn1Cc1cccc(C)c1. The van der Waals surface area contributed by atoms with Gasteiger partial charge in [-0.15, -0.1) is 0 Å². The van der Waals surface area contributed by atoms with Crippen molar-refractivity contribution in [2.75, 3.05) is 20.3 Å². The van der Waals surface area contributed by atoms with Gasteiger partial charge in [0.2, 0.25) is 0 Å². The molecule has 28 heavy (non-hydrogen) atoms. The third-order valence-electron chi connectivity index (χ3n) is 5.39. The van der Waals surface area contributed by atoms with E-state index in [4.69, 9.17) is 4.74 Å². The van der Waals surface area contributed by atoms with Gasteiger partial charge in [0.25, 0.3) is 0 Å². The number of hydrogen-bond acceptors (Lipinski definition) is 1. The lowest BCUT2D eigenvalue weighted by Gasteiger charge is -2.21. The molecule has 148 valence electrons. The zero-order chi connectivity index (χ0) is 19.9. The number of ether oxygens (including phenoxy) is 1. The topological polar surface area (TPSA) is 18.6 Å². The van der Waals surface area contributed by atoms with Crippen molar-refractivity contribution in [1.29, 1.82) is 0 Å². The van der Waals surface area contributed by atoms with E-state index >= 15 is 0 Å². The quantitative estimate of drug-likeness (QED) is 0.602. The summed E-state index contributed by atoms with van der Waals surface area (Å²) in [6.07, 6.45) is 2.20. The number of aromatic nitrogens is 1. The van der Waals surface area contributed by atoms with Crippen molar-refractivity contribution in [3.63, 3.8) is 0 Å². The molecule has 0 saturated carbocycles. The summed E-state index contributed by atoms with van der Waals surface area (Å²) in [6, 6.07) is 20.0. The van der Waals surface area contributed by atoms with E-state index in [1.54, 1.807) is 7.11 Å². The zero-order valence-electron chi connectivity index (χ0n) is 17.7. The summed E-state index contributed by atoms with van der Waals surface area (Å²) in [5.41, 5.74) is 8.17. The van der Waals surface area contributed by atoms with E-state index in [0.717, 1.165) is 32.8 Å². The lowest BCUT2D eigenvalue weighted by molar-refractivity contribution is -0.928. The van der Waals surface area contributed by atoms with E-state index < -0.39 is 0 Å². The molecule has 1 atom stereocenters. The van der Waals surface area contributed by atoms with Crippen LogP contribution in [0.5, 0.6) is 0 Å². The fraction of sp³-hybridized carbons (Fsp3) is 0.360. The third-order valence-corrected chi connectivity index (χ3v) is 5.39. The molecule has 3 nitrogen and oxygen atoms in total. The Labute approximate surface area is 169 Å². The second-order valence-corrected chi connectivity index (χ2v) is 7.89. The van der Waals surface area contributed by atoms with Crippen LogP contribution in [0.4, 0.5) is 0 Å². The molecule has 1 heterocycles. The third kappa shape index (κ3) is 5.57. The molecule has 0 amide bonds. The van der Waals surface area contributed by atoms with Gasteiger partial charge in [-0.1, -0.05) is 53.6 Å². The molecule has 0 fully saturated rings. The van der Waals surface area contributed by atoms with Gasteiger partial charge in [-0.25, -0.2) is 0 Å². The highest BCUT2D eigenvalue weighted by Crippen LogP contribution is 2.11. The van der Waals surface area contributed by atoms with Gasteiger partial charge in [-0.2, -0.15) is 0 Å². The van der Waals surface area contributed by atoms with Crippen molar-refractivity contribution in [3.05, 3.63) is 94.3 Å². The molecule has 3 rings (SSSR count). The average molecular weight is 378 g/mol. The maximum Gasteiger partial charge on any atom is 0.118 e. The van der Waals surface area contributed by atoms with Gasteiger partial charge in [0.1, 0.15) is 19.6 Å². The van der Waals surface area contributed by atoms with Crippen LogP contribution in [0.15, 0.2) is 60.8 Å². The maximum atomic E-state index is 5.39. The van der Waals surface area contributed by atoms with Crippen LogP contribution < -0.4 is 4.90 Å². The molecule has 1 N–H and O–H groups in total. The normalized spacial score (nSPS) is 12.3. The van der Waals surface area contributed by atoms with E-state index in [9.17, 15) is 0 Å². The van der Waals surface area contributed by atoms with E-state index in [-0.39, 0.29) is 0 Å². The Kier molecular flexibility index (Phi) is 7.07. The number of hydrogen-bond donors (Lipinski definition) is 1. The lowest BCUT2D eigenvalue weighted by atomic mass is 10.1. The van der Waals surface area contributed by atoms with Gasteiger partial charge < -0.3 is 14.2 Å². The minimum absolute atomic E-state index is 0.777. The van der Waals surface area contributed by atoms with Crippen LogP contribution in [0.3, 0.4) is 0 Å². The lowest BCUT2D eigenvalue weighted by Crippen LogP contribution is -3.10. The fourth-order valence-electron chi connectivity index (χ4n) is 3.77. The van der Waals surface area contributed by atoms with Crippen molar-refractivity contribution in [3.8, 4) is 0 Å². The Morgan fingerprint density at radius 2 is 1.71 bits per heavy atom. The summed E-state index contributed by atoms with van der Waals surface area (Å²) in [4.78, 5) is 1.53. The van der Waals surface area contributed by atoms with Crippen LogP contribution in [0.2, 0.25) is 0 Å². The molecule has 3 heteroatoms. The Morgan fingerprint density at radius 3 is 2.50 bits per heavy atom. The van der Waals surface area contributed by atoms with Gasteiger partial charge in [0, 0.05) is 25.4 Å². The molecule has 1 aromatic heterocycles. The van der Waals surface area contributed by atoms with Crippen molar-refractivity contribution >= 4 is 0 Å². The highest BCUT2D eigenvalue weighted by Gasteiger charge is 2.15. The summed E-state index contributed by atoms with van der Waals surface area (Å²) in [7, 11) is 1.79. The van der Waals surface area contributed by atoms with Crippen molar-refractivity contribution in [1.82, 2.24) is 4.57 Å². The monoisotopic (exact) mass is 377 g/mol. The highest BCUT2D eigenvalue weighted by atomic mass is 16.5. The fourth-order valence-corrected chi connectivity index (χ4v) is 3.77. The smallest absolute Gasteiger partial charge is 0.118 e. The Bertz CT molecular complexity index is 897. The Morgan fingerprint density at radius 1 is 0.893 bits per heavy atom. The molecule has 0 radical (unpaired) electrons. The molecule has 0 aliphatic heterocycles. The van der Waals surface area contributed by atoms with Gasteiger partial charge in [-0.05, 0) is 44.0 Å². The predicted molar refractivity (Wildman–Crippen MR) is 116 cm³/mol. The Hall–Kier alpha value is -2.36. The molecule has 2 aromatic carbocycles. The molecule has 0 aliphatic rings. The Balaban J connectivity index is 1.76. The number of methoxy groups -OCH3 is 1. The molecule has 1 unspecified atom stereocenters. The molecule has 0 spiro atoms. The highest BCUT2D eigenvalue weighted by molar-refractivity contribution is 5.29. The maximum absolute atomic E-state index is 5.39. The zero-order valence-corrected chi connectivity index (χ0v) is 17.7. The second kappa shape index (κ2) is 9.72. The van der Waals surface area contributed by atoms with Gasteiger partial charge in [-0.3, -0.25) is 0 Å². The summed E-state index contributed by atoms with van der Waals surface area (Å²) in [5.74, 6) is 0. The molecular weight excluding hydrogens is 344 g/mol. The summed E-state index contributed by atoms with van der Waals surface area (Å²) in [5, 5.41) is 0. The second-order valence-electron chi connectivity index (χ2n) is 7.89. The van der Waals surface area contributed by atoms with Gasteiger partial charge in [0.15, 0.2) is 0 Å². The summed E-state index contributed by atoms with van der Waals surface area (Å²) >= 11 is 0. The van der Waals surface area contributed by atoms with Crippen molar-refractivity contribution in [2.45, 2.75) is 40.4 Å². The van der Waals surface area contributed by atoms with E-state index in [2.05, 4.69) is 86.1 Å². The standard InChI is InChI=1S/C25H32N2O/c1-20-7-5-8-23(15-20)17-27-12-6-9-25(27)19-26(13-14-28-4)18-24-16-21(2)10-11-22(24)3/h5-12,15-16H,13-14,17-19H2,1-4H3/p+1. The van der Waals surface area contributed by atoms with Crippen LogP contribution in [0, 0.1) is 20.8 Å². The van der Waals surface area contributed by atoms with E-state index in [0.29, 0.717) is 0 Å². The number of aryl methyl sites for hydroxylation is 3. The number of rotatable bonds is 9. The molecule has 0 aliphatic carbocycles. The molecular formula is C25H33N2O+. The van der Waals surface area contributed by atoms with Gasteiger partial charge in [0.05, 0.1) is 12.3 Å². The summed E-state index contributed by atoms with van der Waals surface area (Å²) < 4.78 is 7.77. The number of benzene rings is 2. The van der Waals surface area contributed by atoms with Crippen LogP contribution in [0.25, 0.3) is 0 Å². The minimum atomic E-state index is 0.777. The van der Waals surface area contributed by atoms with Crippen molar-refractivity contribution in [2.24, 2.45) is 0 Å². The van der Waals surface area contributed by atoms with Crippen LogP contribution in [-0.4, -0.2) is 24.8 Å². The first kappa shape index (κ1) is 20.4. The molecule has 3 aromatic rings. The number of quaternary nitrogens is 1. The van der Waals surface area contributed by atoms with Crippen LogP contribution >= 0.6 is 0 Å². The molecule has 0 saturated heterocycles.